The van der Waals surface area contributed by atoms with Gasteiger partial charge >= 0.3 is 12.2 Å². The Balaban J connectivity index is 0.00000484. The zero-order valence-corrected chi connectivity index (χ0v) is 22.7. The van der Waals surface area contributed by atoms with Crippen LogP contribution in [0.25, 0.3) is 11.1 Å². The number of ether oxygens (including phenoxy) is 1. The Hall–Kier alpha value is -4.19. The van der Waals surface area contributed by atoms with Gasteiger partial charge in [-0.2, -0.15) is 13.2 Å². The largest absolute Gasteiger partial charge is 0.472 e. The number of carbonyl (C=O) groups excluding carboxylic acids is 2. The van der Waals surface area contributed by atoms with Gasteiger partial charge in [0.25, 0.3) is 5.91 Å². The predicted molar refractivity (Wildman–Crippen MR) is 146 cm³/mol. The van der Waals surface area contributed by atoms with Gasteiger partial charge in [0.2, 0.25) is 5.88 Å². The molecule has 12 heteroatoms. The number of halogens is 4. The van der Waals surface area contributed by atoms with E-state index in [1.54, 1.807) is 14.0 Å². The van der Waals surface area contributed by atoms with Crippen molar-refractivity contribution in [2.75, 3.05) is 32.1 Å². The molecule has 0 radical (unpaired) electrons. The molecule has 8 nitrogen and oxygen atoms in total. The number of aliphatic hydroxyl groups excluding tert-OH is 1. The Bertz CT molecular complexity index is 1410. The zero-order valence-electron chi connectivity index (χ0n) is 22.7. The number of pyridine rings is 1. The lowest BCUT2D eigenvalue weighted by Gasteiger charge is -2.37. The van der Waals surface area contributed by atoms with Gasteiger partial charge in [-0.3, -0.25) is 4.79 Å². The number of nitrogens with zero attached hydrogens (tertiary/aromatic N) is 3. The maximum absolute atomic E-state index is 13.6. The zero-order chi connectivity index (χ0) is 29.9. The number of nitrogens with one attached hydrogen (secondary N) is 1. The van der Waals surface area contributed by atoms with E-state index in [-0.39, 0.29) is 49.6 Å². The van der Waals surface area contributed by atoms with E-state index >= 15 is 0 Å². The van der Waals surface area contributed by atoms with E-state index in [9.17, 15) is 32.3 Å². The molecule has 0 saturated carbocycles. The van der Waals surface area contributed by atoms with Crippen LogP contribution in [0.15, 0.2) is 60.8 Å². The Morgan fingerprint density at radius 3 is 2.59 bits per heavy atom. The average Bonchev–Trinajstić information content (AvgIpc) is 2.95. The first kappa shape index (κ1) is 29.8. The van der Waals surface area contributed by atoms with Crippen LogP contribution in [0.2, 0.25) is 0 Å². The number of urea groups is 1. The molecule has 0 bridgehead atoms. The quantitative estimate of drug-likeness (QED) is 0.376. The van der Waals surface area contributed by atoms with Crippen LogP contribution in [0, 0.1) is 11.7 Å². The lowest BCUT2D eigenvalue weighted by molar-refractivity contribution is -0.137. The highest BCUT2D eigenvalue weighted by Gasteiger charge is 2.35. The lowest BCUT2D eigenvalue weighted by Crippen LogP contribution is -2.50. The minimum Gasteiger partial charge on any atom is -0.472 e. The molecule has 1 aliphatic heterocycles. The van der Waals surface area contributed by atoms with Gasteiger partial charge in [0.05, 0.1) is 24.8 Å². The van der Waals surface area contributed by atoms with Gasteiger partial charge in [-0.05, 0) is 55.0 Å². The number of hydrogen-bond acceptors (Lipinski definition) is 5. The third kappa shape index (κ3) is 6.94. The maximum atomic E-state index is 13.6. The summed E-state index contributed by atoms with van der Waals surface area (Å²) in [5.74, 6) is -1.28. The van der Waals surface area contributed by atoms with Crippen molar-refractivity contribution in [3.8, 4) is 17.0 Å². The Morgan fingerprint density at radius 2 is 1.93 bits per heavy atom. The van der Waals surface area contributed by atoms with Crippen LogP contribution in [0.1, 0.15) is 31.2 Å². The highest BCUT2D eigenvalue weighted by molar-refractivity contribution is 5.98. The highest BCUT2D eigenvalue weighted by atomic mass is 19.4. The summed E-state index contributed by atoms with van der Waals surface area (Å²) < 4.78 is 59.3. The van der Waals surface area contributed by atoms with Crippen LogP contribution in [0.4, 0.5) is 28.0 Å². The van der Waals surface area contributed by atoms with Crippen molar-refractivity contribution in [1.82, 2.24) is 14.8 Å². The average molecular weight is 577 g/mol. The third-order valence-electron chi connectivity index (χ3n) is 6.94. The minimum atomic E-state index is -4.54. The Morgan fingerprint density at radius 1 is 1.22 bits per heavy atom. The lowest BCUT2D eigenvalue weighted by atomic mass is 9.98. The third-order valence-corrected chi connectivity index (χ3v) is 6.94. The van der Waals surface area contributed by atoms with Crippen LogP contribution in [0.5, 0.6) is 5.88 Å². The van der Waals surface area contributed by atoms with Gasteiger partial charge in [-0.15, -0.1) is 0 Å². The van der Waals surface area contributed by atoms with Crippen molar-refractivity contribution in [1.29, 1.82) is 0 Å². The first-order valence-corrected chi connectivity index (χ1v) is 12.9. The highest BCUT2D eigenvalue weighted by Crippen LogP contribution is 2.34. The molecular formula is C29H32F4N4O4. The van der Waals surface area contributed by atoms with Crippen LogP contribution in [0.3, 0.4) is 0 Å². The molecule has 4 rings (SSSR count). The fourth-order valence-electron chi connectivity index (χ4n) is 4.46. The minimum absolute atomic E-state index is 0. The summed E-state index contributed by atoms with van der Waals surface area (Å²) in [5.41, 5.74) is 0.0852. The van der Waals surface area contributed by atoms with Crippen molar-refractivity contribution in [2.45, 2.75) is 32.2 Å². The molecule has 2 heterocycles. The van der Waals surface area contributed by atoms with E-state index in [0.29, 0.717) is 5.69 Å². The first-order valence-electron chi connectivity index (χ1n) is 12.9. The van der Waals surface area contributed by atoms with Crippen molar-refractivity contribution in [3.05, 3.63) is 77.7 Å². The summed E-state index contributed by atoms with van der Waals surface area (Å²) >= 11 is 0. The molecule has 2 N–H and O–H groups in total. The number of rotatable bonds is 6. The van der Waals surface area contributed by atoms with Crippen LogP contribution < -0.4 is 10.1 Å². The number of carbonyl (C=O) groups is 2. The first-order chi connectivity index (χ1) is 19.4. The second-order valence-electron chi connectivity index (χ2n) is 10.1. The van der Waals surface area contributed by atoms with Gasteiger partial charge in [0.1, 0.15) is 17.5 Å². The van der Waals surface area contributed by atoms with E-state index in [0.717, 1.165) is 12.1 Å². The molecule has 0 spiro atoms. The molecule has 0 unspecified atom stereocenters. The van der Waals surface area contributed by atoms with Crippen LogP contribution in [-0.2, 0) is 6.18 Å². The summed E-state index contributed by atoms with van der Waals surface area (Å²) in [6, 6.07) is 10.4. The molecule has 41 heavy (non-hydrogen) atoms. The summed E-state index contributed by atoms with van der Waals surface area (Å²) in [7, 11) is 1.55. The molecule has 3 aromatic rings. The fourth-order valence-corrected chi connectivity index (χ4v) is 4.46. The number of aliphatic hydroxyl groups is 1. The number of hydrogen-bond donors (Lipinski definition) is 2. The topological polar surface area (TPSA) is 95.0 Å². The molecule has 0 fully saturated rings. The molecule has 1 aliphatic rings. The summed E-state index contributed by atoms with van der Waals surface area (Å²) in [6.45, 7) is 3.45. The molecule has 2 aromatic carbocycles. The maximum Gasteiger partial charge on any atom is 0.416 e. The van der Waals surface area contributed by atoms with Crippen molar-refractivity contribution in [3.63, 3.8) is 0 Å². The SMILES string of the molecule is C[C@H](CO)N1C[C@H](C)[C@H](CN(C)C(=O)Nc2ccc(F)cc2)Oc2ncc(-c3cccc(C(F)(F)F)c3)cc2C1=O.[HH]. The molecule has 1 aromatic heterocycles. The number of aromatic nitrogens is 1. The van der Waals surface area contributed by atoms with Crippen molar-refractivity contribution < 1.29 is 38.4 Å². The summed E-state index contributed by atoms with van der Waals surface area (Å²) in [6.07, 6.45) is -3.86. The smallest absolute Gasteiger partial charge is 0.416 e. The Labute approximate surface area is 236 Å². The van der Waals surface area contributed by atoms with Crippen LogP contribution >= 0.6 is 0 Å². The van der Waals surface area contributed by atoms with Crippen molar-refractivity contribution in [2.24, 2.45) is 5.92 Å². The van der Waals surface area contributed by atoms with Gasteiger partial charge in [-0.1, -0.05) is 19.1 Å². The van der Waals surface area contributed by atoms with Crippen molar-refractivity contribution >= 4 is 17.6 Å². The van der Waals surface area contributed by atoms with Gasteiger partial charge < -0.3 is 25.0 Å². The van der Waals surface area contributed by atoms with Gasteiger partial charge in [0, 0.05) is 38.4 Å². The monoisotopic (exact) mass is 576 g/mol. The predicted octanol–water partition coefficient (Wildman–Crippen LogP) is 5.54. The van der Waals surface area contributed by atoms with E-state index in [4.69, 9.17) is 4.74 Å². The molecule has 3 atom stereocenters. The summed E-state index contributed by atoms with van der Waals surface area (Å²) in [4.78, 5) is 33.6. The number of amides is 3. The Kier molecular flexibility index (Phi) is 8.81. The van der Waals surface area contributed by atoms with E-state index in [2.05, 4.69) is 10.3 Å². The number of alkyl halides is 3. The molecule has 0 saturated heterocycles. The number of fused-ring (bicyclic) bond motifs is 1. The normalized spacial score (nSPS) is 18.0. The van der Waals surface area contributed by atoms with Gasteiger partial charge in [-0.25, -0.2) is 14.2 Å². The summed E-state index contributed by atoms with van der Waals surface area (Å²) in [5, 5.41) is 12.5. The second-order valence-corrected chi connectivity index (χ2v) is 10.1. The number of benzene rings is 2. The number of likely N-dealkylation sites (N-methyl/N-ethyl adjacent to an activating group) is 1. The molecule has 0 aliphatic carbocycles. The van der Waals surface area contributed by atoms with E-state index in [1.165, 1.54) is 58.5 Å². The number of anilines is 1. The second kappa shape index (κ2) is 12.1. The molecular weight excluding hydrogens is 544 g/mol. The van der Waals surface area contributed by atoms with E-state index < -0.39 is 41.6 Å². The standard InChI is InChI=1S/C29H30F4N4O4.H2/c1-17-14-37(18(2)16-38)27(39)24-12-20(19-5-4-6-21(11-19)29(31,32)33)13-34-26(24)41-25(17)15-36(3)28(40)35-23-9-7-22(30)8-10-23;/h4-13,17-18,25,38H,14-16H2,1-3H3,(H,35,40);1H/t17-,18+,25-;/m0./s1. The van der Waals surface area contributed by atoms with Gasteiger partial charge in [0.15, 0.2) is 0 Å². The molecule has 220 valence electrons. The van der Waals surface area contributed by atoms with Crippen LogP contribution in [-0.4, -0.2) is 70.7 Å². The van der Waals surface area contributed by atoms with E-state index in [1.807, 2.05) is 6.92 Å². The fraction of sp³-hybridized carbons (Fsp3) is 0.345. The molecule has 3 amide bonds.